The highest BCUT2D eigenvalue weighted by molar-refractivity contribution is 5.85. The van der Waals surface area contributed by atoms with E-state index >= 15 is 0 Å². The minimum absolute atomic E-state index is 0.00660. The fourth-order valence-electron chi connectivity index (χ4n) is 16.7. The first kappa shape index (κ1) is 35.7. The van der Waals surface area contributed by atoms with Crippen LogP contribution in [0.2, 0.25) is 0 Å². The van der Waals surface area contributed by atoms with Crippen LogP contribution in [0.5, 0.6) is 0 Å². The molecule has 290 valence electrons. The van der Waals surface area contributed by atoms with Crippen LogP contribution in [0, 0.1) is 27.6 Å². The third-order valence-corrected chi connectivity index (χ3v) is 17.3. The van der Waals surface area contributed by atoms with E-state index < -0.39 is 0 Å². The Morgan fingerprint density at radius 3 is 1.52 bits per heavy atom. The Balaban J connectivity index is 0.973. The summed E-state index contributed by atoms with van der Waals surface area (Å²) in [5.74, 6) is 1.27. The lowest BCUT2D eigenvalue weighted by Gasteiger charge is -2.70. The molecule has 10 fully saturated rings. The van der Waals surface area contributed by atoms with Gasteiger partial charge in [-0.2, -0.15) is 0 Å². The summed E-state index contributed by atoms with van der Waals surface area (Å²) in [6.45, 7) is 5.00. The lowest BCUT2D eigenvalue weighted by molar-refractivity contribution is -0.166. The standard InChI is InChI=1S/C48H66N4O2/c1-42-20-32-21-44(23-42,28-45(22-32,24-42)40(53)51-38-16-12-36(49)13-17-38)34-8-10-35(11-9-34)47-26-43(2)25-46(29-47,33-6-4-3-5-7-33)30-48(27-43,31-47)41(54)52-39-18-14-37(50)15-19-39/h3-11,32,36-39H,12-31,49-50H2,1-2H3,(H,51,53)(H,52,54). The number of benzene rings is 2. The summed E-state index contributed by atoms with van der Waals surface area (Å²) in [5, 5.41) is 7.24. The molecule has 6 nitrogen and oxygen atoms in total. The zero-order valence-electron chi connectivity index (χ0n) is 33.2. The second kappa shape index (κ2) is 12.2. The summed E-state index contributed by atoms with van der Waals surface area (Å²) in [7, 11) is 0. The van der Waals surface area contributed by atoms with E-state index in [1.54, 1.807) is 0 Å². The Labute approximate surface area is 324 Å². The third kappa shape index (κ3) is 5.68. The summed E-state index contributed by atoms with van der Waals surface area (Å²) < 4.78 is 0. The van der Waals surface area contributed by atoms with Crippen molar-refractivity contribution in [3.05, 3.63) is 71.3 Å². The molecule has 12 rings (SSSR count). The SMILES string of the molecule is CC12CC3CC(C(=O)NC4CCC(N)CC4)(C1)CC(c1ccc(C45CC6(C)CC(C(=O)NC7CCC(N)CC7)(CC(c7ccccc7)(C6)C4)C5)cc1)(C3)C2. The molecule has 54 heavy (non-hydrogen) atoms. The van der Waals surface area contributed by atoms with E-state index in [-0.39, 0.29) is 62.1 Å². The van der Waals surface area contributed by atoms with Crippen molar-refractivity contribution < 1.29 is 9.59 Å². The molecule has 6 heteroatoms. The van der Waals surface area contributed by atoms with Gasteiger partial charge in [-0.15, -0.1) is 0 Å². The van der Waals surface area contributed by atoms with Gasteiger partial charge in [-0.1, -0.05) is 68.4 Å². The van der Waals surface area contributed by atoms with Crippen molar-refractivity contribution in [2.45, 2.75) is 183 Å². The number of carbonyl (C=O) groups excluding carboxylic acids is 2. The van der Waals surface area contributed by atoms with Gasteiger partial charge in [0, 0.05) is 24.2 Å². The van der Waals surface area contributed by atoms with Crippen molar-refractivity contribution in [1.29, 1.82) is 0 Å². The van der Waals surface area contributed by atoms with E-state index in [1.165, 1.54) is 36.0 Å². The molecule has 10 aliphatic carbocycles. The first-order chi connectivity index (χ1) is 25.8. The molecule has 10 aliphatic rings. The van der Waals surface area contributed by atoms with Crippen molar-refractivity contribution >= 4 is 11.8 Å². The summed E-state index contributed by atoms with van der Waals surface area (Å²) in [6, 6.07) is 22.3. The summed E-state index contributed by atoms with van der Waals surface area (Å²) in [6.07, 6.45) is 21.1. The van der Waals surface area contributed by atoms with Crippen LogP contribution in [0.4, 0.5) is 0 Å². The molecule has 0 aliphatic heterocycles. The van der Waals surface area contributed by atoms with Gasteiger partial charge in [0.1, 0.15) is 0 Å². The normalized spacial score (nSPS) is 47.4. The maximum Gasteiger partial charge on any atom is 0.226 e. The van der Waals surface area contributed by atoms with Crippen LogP contribution in [-0.2, 0) is 25.8 Å². The number of carbonyl (C=O) groups is 2. The molecule has 0 aromatic heterocycles. The zero-order chi connectivity index (χ0) is 37.2. The molecule has 0 radical (unpaired) electrons. The highest BCUT2D eigenvalue weighted by Crippen LogP contribution is 2.75. The molecule has 0 saturated heterocycles. The molecule has 0 spiro atoms. The third-order valence-electron chi connectivity index (χ3n) is 17.3. The smallest absolute Gasteiger partial charge is 0.226 e. The molecular weight excluding hydrogens is 665 g/mol. The van der Waals surface area contributed by atoms with Crippen molar-refractivity contribution in [1.82, 2.24) is 10.6 Å². The Morgan fingerprint density at radius 1 is 0.500 bits per heavy atom. The minimum atomic E-state index is -0.366. The van der Waals surface area contributed by atoms with Gasteiger partial charge in [0.15, 0.2) is 0 Å². The fourth-order valence-corrected chi connectivity index (χ4v) is 16.7. The summed E-state index contributed by atoms with van der Waals surface area (Å²) >= 11 is 0. The van der Waals surface area contributed by atoms with Gasteiger partial charge in [-0.25, -0.2) is 0 Å². The second-order valence-corrected chi connectivity index (χ2v) is 22.2. The van der Waals surface area contributed by atoms with E-state index in [4.69, 9.17) is 11.5 Å². The molecule has 2 aromatic rings. The second-order valence-electron chi connectivity index (χ2n) is 22.2. The Kier molecular flexibility index (Phi) is 8.03. The van der Waals surface area contributed by atoms with Crippen molar-refractivity contribution in [3.63, 3.8) is 0 Å². The van der Waals surface area contributed by atoms with E-state index in [0.29, 0.717) is 17.7 Å². The van der Waals surface area contributed by atoms with Crippen LogP contribution in [0.1, 0.15) is 159 Å². The van der Waals surface area contributed by atoms with Gasteiger partial charge in [-0.05, 0) is 178 Å². The first-order valence-electron chi connectivity index (χ1n) is 22.0. The molecule has 8 bridgehead atoms. The largest absolute Gasteiger partial charge is 0.353 e. The van der Waals surface area contributed by atoms with Gasteiger partial charge in [0.25, 0.3) is 0 Å². The Morgan fingerprint density at radius 2 is 0.963 bits per heavy atom. The van der Waals surface area contributed by atoms with E-state index in [0.717, 1.165) is 109 Å². The topological polar surface area (TPSA) is 110 Å². The van der Waals surface area contributed by atoms with Crippen LogP contribution >= 0.6 is 0 Å². The molecule has 8 unspecified atom stereocenters. The first-order valence-corrected chi connectivity index (χ1v) is 22.0. The molecule has 2 aromatic carbocycles. The van der Waals surface area contributed by atoms with Crippen LogP contribution < -0.4 is 22.1 Å². The molecule has 8 atom stereocenters. The van der Waals surface area contributed by atoms with Crippen LogP contribution in [0.25, 0.3) is 0 Å². The maximum atomic E-state index is 14.8. The Hall–Kier alpha value is -2.70. The van der Waals surface area contributed by atoms with Crippen LogP contribution in [-0.4, -0.2) is 36.0 Å². The van der Waals surface area contributed by atoms with E-state index in [9.17, 15) is 9.59 Å². The molecule has 10 saturated carbocycles. The predicted molar refractivity (Wildman–Crippen MR) is 215 cm³/mol. The lowest BCUT2D eigenvalue weighted by Crippen LogP contribution is -2.67. The van der Waals surface area contributed by atoms with Gasteiger partial charge in [-0.3, -0.25) is 9.59 Å². The van der Waals surface area contributed by atoms with Gasteiger partial charge in [0.2, 0.25) is 11.8 Å². The van der Waals surface area contributed by atoms with Gasteiger partial charge >= 0.3 is 0 Å². The number of amides is 2. The van der Waals surface area contributed by atoms with Crippen LogP contribution in [0.15, 0.2) is 54.6 Å². The van der Waals surface area contributed by atoms with Gasteiger partial charge in [0.05, 0.1) is 10.8 Å². The van der Waals surface area contributed by atoms with Crippen molar-refractivity contribution in [2.75, 3.05) is 0 Å². The number of hydrogen-bond donors (Lipinski definition) is 4. The Bertz CT molecular complexity index is 1800. The number of nitrogens with two attached hydrogens (primary N) is 2. The number of rotatable bonds is 7. The summed E-state index contributed by atoms with van der Waals surface area (Å²) in [4.78, 5) is 29.2. The average molecular weight is 731 g/mol. The van der Waals surface area contributed by atoms with Gasteiger partial charge < -0.3 is 22.1 Å². The molecular formula is C48H66N4O2. The minimum Gasteiger partial charge on any atom is -0.353 e. The highest BCUT2D eigenvalue weighted by Gasteiger charge is 2.70. The number of nitrogens with one attached hydrogen (secondary N) is 2. The lowest BCUT2D eigenvalue weighted by atomic mass is 9.33. The van der Waals surface area contributed by atoms with E-state index in [2.05, 4.69) is 79.1 Å². The quantitative estimate of drug-likeness (QED) is 0.230. The molecule has 0 heterocycles. The van der Waals surface area contributed by atoms with Crippen LogP contribution in [0.3, 0.4) is 0 Å². The van der Waals surface area contributed by atoms with Crippen molar-refractivity contribution in [2.24, 2.45) is 39.0 Å². The maximum absolute atomic E-state index is 14.8. The zero-order valence-corrected chi connectivity index (χ0v) is 33.2. The molecule has 6 N–H and O–H groups in total. The van der Waals surface area contributed by atoms with Crippen molar-refractivity contribution in [3.8, 4) is 0 Å². The number of hydrogen-bond acceptors (Lipinski definition) is 4. The van der Waals surface area contributed by atoms with E-state index in [1.807, 2.05) is 0 Å². The average Bonchev–Trinajstić information content (AvgIpc) is 3.12. The molecule has 2 amide bonds. The predicted octanol–water partition coefficient (Wildman–Crippen LogP) is 8.24. The monoisotopic (exact) mass is 731 g/mol. The highest BCUT2D eigenvalue weighted by atomic mass is 16.2. The summed E-state index contributed by atoms with van der Waals surface area (Å²) in [5.41, 5.74) is 16.5. The fraction of sp³-hybridized carbons (Fsp3) is 0.708.